The molecule has 2 aromatic heterocycles. The monoisotopic (exact) mass is 725 g/mol. The zero-order chi connectivity index (χ0) is 37.7. The largest absolute Gasteiger partial charge is 0.309 e. The molecule has 0 spiro atoms. The maximum absolute atomic E-state index is 4.86. The molecule has 0 fully saturated rings. The van der Waals surface area contributed by atoms with Gasteiger partial charge in [-0.05, 0) is 126 Å². The Kier molecular flexibility index (Phi) is 7.82. The molecule has 0 amide bonds. The highest BCUT2D eigenvalue weighted by Gasteiger charge is 2.31. The van der Waals surface area contributed by atoms with E-state index >= 15 is 0 Å². The fourth-order valence-corrected chi connectivity index (χ4v) is 8.89. The summed E-state index contributed by atoms with van der Waals surface area (Å²) in [5.41, 5.74) is 17.7. The lowest BCUT2D eigenvalue weighted by atomic mass is 9.82. The Morgan fingerprint density at radius 3 is 1.46 bits per heavy atom. The number of nitrogens with zero attached hydrogens (tertiary/aromatic N) is 3. The average Bonchev–Trinajstić information content (AvgIpc) is 3.62. The van der Waals surface area contributed by atoms with E-state index < -0.39 is 0 Å². The predicted octanol–water partition coefficient (Wildman–Crippen LogP) is 14.6. The van der Waals surface area contributed by atoms with Crippen LogP contribution in [-0.2, 0) is 0 Å². The minimum Gasteiger partial charge on any atom is -0.309 e. The predicted molar refractivity (Wildman–Crippen MR) is 238 cm³/mol. The third-order valence-corrected chi connectivity index (χ3v) is 11.4. The van der Waals surface area contributed by atoms with Crippen molar-refractivity contribution in [3.05, 3.63) is 213 Å². The quantitative estimate of drug-likeness (QED) is 0.164. The van der Waals surface area contributed by atoms with Gasteiger partial charge in [-0.25, -0.2) is 0 Å². The normalized spacial score (nSPS) is 11.5. The smallest absolute Gasteiger partial charge is 0.0704 e. The van der Waals surface area contributed by atoms with Gasteiger partial charge in [-0.3, -0.25) is 9.97 Å². The summed E-state index contributed by atoms with van der Waals surface area (Å²) in [6.45, 7) is 0. The summed E-state index contributed by atoms with van der Waals surface area (Å²) in [7, 11) is 0. The Bertz CT molecular complexity index is 2980. The molecule has 1 aliphatic rings. The van der Waals surface area contributed by atoms with Gasteiger partial charge in [0.05, 0.1) is 17.6 Å². The Morgan fingerprint density at radius 2 is 0.842 bits per heavy atom. The van der Waals surface area contributed by atoms with Crippen LogP contribution < -0.4 is 4.90 Å². The first kappa shape index (κ1) is 32.8. The molecule has 3 heteroatoms. The number of hydrogen-bond donors (Lipinski definition) is 0. The Balaban J connectivity index is 1.07. The van der Waals surface area contributed by atoms with Crippen LogP contribution in [0.3, 0.4) is 0 Å². The summed E-state index contributed by atoms with van der Waals surface area (Å²) >= 11 is 0. The molecule has 0 radical (unpaired) electrons. The van der Waals surface area contributed by atoms with Crippen LogP contribution in [0.2, 0.25) is 0 Å². The van der Waals surface area contributed by atoms with Crippen LogP contribution in [0.5, 0.6) is 0 Å². The second kappa shape index (κ2) is 13.6. The fourth-order valence-electron chi connectivity index (χ4n) is 8.89. The van der Waals surface area contributed by atoms with Gasteiger partial charge in [0.15, 0.2) is 0 Å². The summed E-state index contributed by atoms with van der Waals surface area (Å²) in [5, 5.41) is 5.11. The van der Waals surface area contributed by atoms with Gasteiger partial charge in [-0.15, -0.1) is 0 Å². The second-order valence-corrected chi connectivity index (χ2v) is 14.5. The molecule has 57 heavy (non-hydrogen) atoms. The number of rotatable bonds is 7. The third kappa shape index (κ3) is 5.43. The van der Waals surface area contributed by atoms with Crippen LogP contribution in [0.25, 0.3) is 88.4 Å². The summed E-state index contributed by atoms with van der Waals surface area (Å²) in [6.07, 6.45) is 5.55. The van der Waals surface area contributed by atoms with Crippen LogP contribution in [0, 0.1) is 0 Å². The van der Waals surface area contributed by atoms with E-state index in [2.05, 4.69) is 192 Å². The molecule has 0 saturated carbocycles. The molecule has 0 unspecified atom stereocenters. The number of benzene rings is 8. The van der Waals surface area contributed by atoms with Gasteiger partial charge < -0.3 is 4.90 Å². The van der Waals surface area contributed by atoms with Gasteiger partial charge >= 0.3 is 0 Å². The minimum absolute atomic E-state index is 0.915. The molecule has 1 aliphatic carbocycles. The number of aromatic nitrogens is 2. The van der Waals surface area contributed by atoms with Crippen LogP contribution in [0.1, 0.15) is 0 Å². The Hall–Kier alpha value is -7.62. The average molecular weight is 726 g/mol. The third-order valence-electron chi connectivity index (χ3n) is 11.4. The van der Waals surface area contributed by atoms with Crippen molar-refractivity contribution in [2.24, 2.45) is 0 Å². The van der Waals surface area contributed by atoms with Gasteiger partial charge in [0, 0.05) is 29.3 Å². The van der Waals surface area contributed by atoms with Crippen LogP contribution in [-0.4, -0.2) is 9.97 Å². The van der Waals surface area contributed by atoms with Crippen LogP contribution >= 0.6 is 0 Å². The first-order chi connectivity index (χ1) is 28.3. The lowest BCUT2D eigenvalue weighted by Gasteiger charge is -2.25. The molecule has 3 nitrogen and oxygen atoms in total. The van der Waals surface area contributed by atoms with Crippen molar-refractivity contribution < 1.29 is 0 Å². The molecule has 0 aliphatic heterocycles. The van der Waals surface area contributed by atoms with E-state index in [-0.39, 0.29) is 0 Å². The SMILES string of the molecule is c1ccc(-c2c3c(c(-c4ccccc4)c4ccccc24)-c2ccc(-c4ccc(N(c5ccccc5)c5ccc(-c6ccncc6)nc5)cc4)c4cccc-3c24)cc1. The highest BCUT2D eigenvalue weighted by Crippen LogP contribution is 2.58. The molecule has 0 bridgehead atoms. The van der Waals surface area contributed by atoms with Gasteiger partial charge in [-0.1, -0.05) is 146 Å². The second-order valence-electron chi connectivity index (χ2n) is 14.5. The van der Waals surface area contributed by atoms with E-state index in [0.717, 1.165) is 28.3 Å². The molecule has 0 saturated heterocycles. The molecule has 2 heterocycles. The maximum Gasteiger partial charge on any atom is 0.0704 e. The van der Waals surface area contributed by atoms with E-state index in [0.29, 0.717) is 0 Å². The first-order valence-electron chi connectivity index (χ1n) is 19.4. The first-order valence-corrected chi connectivity index (χ1v) is 19.4. The summed E-state index contributed by atoms with van der Waals surface area (Å²) in [6, 6.07) is 70.0. The molecule has 8 aromatic carbocycles. The van der Waals surface area contributed by atoms with Crippen LogP contribution in [0.4, 0.5) is 17.1 Å². The fraction of sp³-hybridized carbons (Fsp3) is 0. The summed E-state index contributed by atoms with van der Waals surface area (Å²) in [4.78, 5) is 11.3. The van der Waals surface area contributed by atoms with Crippen molar-refractivity contribution >= 4 is 38.6 Å². The highest BCUT2D eigenvalue weighted by molar-refractivity contribution is 6.28. The summed E-state index contributed by atoms with van der Waals surface area (Å²) in [5.74, 6) is 0. The molecule has 0 atom stereocenters. The minimum atomic E-state index is 0.915. The summed E-state index contributed by atoms with van der Waals surface area (Å²) < 4.78 is 0. The van der Waals surface area contributed by atoms with Crippen LogP contribution in [0.15, 0.2) is 213 Å². The zero-order valence-electron chi connectivity index (χ0n) is 31.0. The molecule has 0 N–H and O–H groups in total. The Morgan fingerprint density at radius 1 is 0.316 bits per heavy atom. The zero-order valence-corrected chi connectivity index (χ0v) is 31.0. The van der Waals surface area contributed by atoms with Gasteiger partial charge in [0.25, 0.3) is 0 Å². The van der Waals surface area contributed by atoms with Crippen molar-refractivity contribution in [1.82, 2.24) is 9.97 Å². The molecular formula is C54H35N3. The molecule has 11 rings (SSSR count). The van der Waals surface area contributed by atoms with Crippen molar-refractivity contribution in [2.45, 2.75) is 0 Å². The Labute approximate surface area is 331 Å². The van der Waals surface area contributed by atoms with Gasteiger partial charge in [0.1, 0.15) is 0 Å². The molecule has 10 aromatic rings. The van der Waals surface area contributed by atoms with Crippen molar-refractivity contribution in [3.63, 3.8) is 0 Å². The molecule has 266 valence electrons. The molecular weight excluding hydrogens is 691 g/mol. The van der Waals surface area contributed by atoms with E-state index in [1.165, 1.54) is 77.2 Å². The van der Waals surface area contributed by atoms with Crippen molar-refractivity contribution in [1.29, 1.82) is 0 Å². The number of hydrogen-bond acceptors (Lipinski definition) is 3. The van der Waals surface area contributed by atoms with Gasteiger partial charge in [-0.2, -0.15) is 0 Å². The van der Waals surface area contributed by atoms with Gasteiger partial charge in [0.2, 0.25) is 0 Å². The van der Waals surface area contributed by atoms with E-state index in [1.54, 1.807) is 12.4 Å². The topological polar surface area (TPSA) is 29.0 Å². The number of anilines is 3. The number of para-hydroxylation sites is 1. The van der Waals surface area contributed by atoms with Crippen molar-refractivity contribution in [2.75, 3.05) is 4.90 Å². The van der Waals surface area contributed by atoms with E-state index in [4.69, 9.17) is 4.98 Å². The number of fused-ring (bicyclic) bond motifs is 4. The maximum atomic E-state index is 4.86. The highest BCUT2D eigenvalue weighted by atomic mass is 15.1. The van der Waals surface area contributed by atoms with E-state index in [1.807, 2.05) is 18.3 Å². The lowest BCUT2D eigenvalue weighted by molar-refractivity contribution is 1.23. The number of pyridine rings is 2. The lowest BCUT2D eigenvalue weighted by Crippen LogP contribution is -2.10. The van der Waals surface area contributed by atoms with E-state index in [9.17, 15) is 0 Å². The van der Waals surface area contributed by atoms with Crippen molar-refractivity contribution in [3.8, 4) is 66.9 Å². The standard InChI is InChI=1S/C54H35N3/c1-4-13-38(14-5-1)50-45-19-10-11-20-46(45)51(39-15-6-2-7-16-39)54-48-29-28-43(44-21-12-22-47(52(44)48)53(50)54)36-23-25-41(26-24-36)57(40-17-8-3-9-18-40)42-27-30-49(56-35-42)37-31-33-55-34-32-37/h1-35H.